The summed E-state index contributed by atoms with van der Waals surface area (Å²) in [4.78, 5) is 25.7. The highest BCUT2D eigenvalue weighted by Crippen LogP contribution is 2.38. The number of aromatic nitrogens is 2. The minimum atomic E-state index is -0.972. The Hall–Kier alpha value is -3.38. The summed E-state index contributed by atoms with van der Waals surface area (Å²) in [5.74, 6) is 1.57. The van der Waals surface area contributed by atoms with Gasteiger partial charge in [0, 0.05) is 11.3 Å². The number of hydrogen-bond acceptors (Lipinski definition) is 7. The van der Waals surface area contributed by atoms with Crippen LogP contribution in [0.25, 0.3) is 0 Å². The molecule has 148 valence electrons. The van der Waals surface area contributed by atoms with Crippen LogP contribution in [0.2, 0.25) is 0 Å². The Bertz CT molecular complexity index is 1030. The molecule has 1 atom stereocenters. The van der Waals surface area contributed by atoms with Crippen molar-refractivity contribution in [3.8, 4) is 18.2 Å². The molecular weight excluding hydrogens is 393 g/mol. The zero-order valence-electron chi connectivity index (χ0n) is 15.8. The number of benzene rings is 1. The first-order valence-electron chi connectivity index (χ1n) is 8.53. The number of amidine groups is 1. The van der Waals surface area contributed by atoms with Crippen LogP contribution >= 0.6 is 11.8 Å². The summed E-state index contributed by atoms with van der Waals surface area (Å²) in [5, 5.41) is 3.03. The number of nitrogens with zero attached hydrogens (tertiary/aromatic N) is 3. The lowest BCUT2D eigenvalue weighted by Crippen LogP contribution is -2.26. The molecule has 3 N–H and O–H groups in total. The van der Waals surface area contributed by atoms with Crippen molar-refractivity contribution < 1.29 is 13.9 Å². The average Bonchev–Trinajstić information content (AvgIpc) is 2.67. The monoisotopic (exact) mass is 411 g/mol. The molecule has 0 spiro atoms. The summed E-state index contributed by atoms with van der Waals surface area (Å²) >= 11 is 1.32. The summed E-state index contributed by atoms with van der Waals surface area (Å²) in [5.41, 5.74) is 5.65. The van der Waals surface area contributed by atoms with Gasteiger partial charge in [0.05, 0.1) is 12.4 Å². The fraction of sp³-hybridized carbons (Fsp3) is 0.200. The van der Waals surface area contributed by atoms with Crippen molar-refractivity contribution in [3.05, 3.63) is 58.6 Å². The maximum atomic E-state index is 14.6. The van der Waals surface area contributed by atoms with E-state index < -0.39 is 17.3 Å². The molecule has 3 rings (SSSR count). The first-order chi connectivity index (χ1) is 13.8. The van der Waals surface area contributed by atoms with E-state index in [1.165, 1.54) is 42.4 Å². The zero-order valence-corrected chi connectivity index (χ0v) is 16.6. The van der Waals surface area contributed by atoms with Gasteiger partial charge in [-0.2, -0.15) is 0 Å². The lowest BCUT2D eigenvalue weighted by Gasteiger charge is -2.27. The predicted octanol–water partition coefficient (Wildman–Crippen LogP) is 3.06. The van der Waals surface area contributed by atoms with Crippen LogP contribution < -0.4 is 15.8 Å². The Balaban J connectivity index is 1.82. The Morgan fingerprint density at radius 1 is 1.41 bits per heavy atom. The first kappa shape index (κ1) is 20.4. The second-order valence-electron chi connectivity index (χ2n) is 6.34. The average molecular weight is 411 g/mol. The van der Waals surface area contributed by atoms with Gasteiger partial charge in [0.15, 0.2) is 11.8 Å². The normalized spacial score (nSPS) is 18.3. The van der Waals surface area contributed by atoms with E-state index in [-0.39, 0.29) is 18.2 Å². The van der Waals surface area contributed by atoms with Crippen molar-refractivity contribution in [2.45, 2.75) is 19.4 Å². The van der Waals surface area contributed by atoms with Gasteiger partial charge in [-0.3, -0.25) is 4.79 Å². The molecule has 0 saturated heterocycles. The number of carbonyl (C=O) groups excluding carboxylic acids is 1. The molecule has 0 fully saturated rings. The van der Waals surface area contributed by atoms with Gasteiger partial charge in [0.2, 0.25) is 5.88 Å². The minimum Gasteiger partial charge on any atom is -0.463 e. The molecule has 9 heteroatoms. The lowest BCUT2D eigenvalue weighted by atomic mass is 9.91. The number of aliphatic imine (C=N–C) groups is 1. The smallest absolute Gasteiger partial charge is 0.275 e. The number of amides is 1. The largest absolute Gasteiger partial charge is 0.463 e. The van der Waals surface area contributed by atoms with E-state index in [0.717, 1.165) is 4.91 Å². The van der Waals surface area contributed by atoms with Crippen molar-refractivity contribution >= 4 is 28.5 Å². The Morgan fingerprint density at radius 3 is 2.86 bits per heavy atom. The molecule has 1 amide bonds. The van der Waals surface area contributed by atoms with E-state index in [1.54, 1.807) is 6.92 Å². The molecule has 1 aliphatic rings. The molecule has 0 radical (unpaired) electrons. The van der Waals surface area contributed by atoms with Gasteiger partial charge in [0.25, 0.3) is 5.91 Å². The molecule has 0 saturated carbocycles. The summed E-state index contributed by atoms with van der Waals surface area (Å²) in [7, 11) is 0. The lowest BCUT2D eigenvalue weighted by molar-refractivity contribution is 0.102. The maximum absolute atomic E-state index is 14.6. The number of ether oxygens (including phenoxy) is 1. The van der Waals surface area contributed by atoms with Crippen molar-refractivity contribution in [2.75, 3.05) is 11.9 Å². The summed E-state index contributed by atoms with van der Waals surface area (Å²) in [6.07, 6.45) is 9.51. The number of halogens is 1. The van der Waals surface area contributed by atoms with Crippen LogP contribution in [0.1, 0.15) is 29.9 Å². The minimum absolute atomic E-state index is 0.0524. The van der Waals surface area contributed by atoms with Crippen molar-refractivity contribution in [1.82, 2.24) is 9.97 Å². The van der Waals surface area contributed by atoms with E-state index in [4.69, 9.17) is 16.9 Å². The number of thioether (sulfide) groups is 1. The second kappa shape index (κ2) is 8.32. The van der Waals surface area contributed by atoms with Gasteiger partial charge in [-0.1, -0.05) is 17.7 Å². The van der Waals surface area contributed by atoms with Gasteiger partial charge in [-0.05, 0) is 43.0 Å². The van der Waals surface area contributed by atoms with E-state index in [9.17, 15) is 9.18 Å². The Kier molecular flexibility index (Phi) is 5.84. The number of terminal acetylenes is 1. The highest BCUT2D eigenvalue weighted by molar-refractivity contribution is 8.17. The molecule has 0 aliphatic carbocycles. The van der Waals surface area contributed by atoms with Crippen molar-refractivity contribution in [2.24, 2.45) is 10.7 Å². The van der Waals surface area contributed by atoms with Crippen LogP contribution in [0.4, 0.5) is 10.1 Å². The molecule has 7 nitrogen and oxygen atoms in total. The quantitative estimate of drug-likeness (QED) is 0.733. The highest BCUT2D eigenvalue weighted by Gasteiger charge is 2.30. The third-order valence-electron chi connectivity index (χ3n) is 4.03. The van der Waals surface area contributed by atoms with Crippen LogP contribution in [0.3, 0.4) is 0 Å². The summed E-state index contributed by atoms with van der Waals surface area (Å²) in [6, 6.07) is 4.26. The fourth-order valence-corrected chi connectivity index (χ4v) is 3.68. The zero-order chi connectivity index (χ0) is 21.0. The van der Waals surface area contributed by atoms with Crippen LogP contribution in [-0.2, 0) is 5.54 Å². The number of allylic oxidation sites excluding steroid dienone is 1. The fourth-order valence-electron chi connectivity index (χ4n) is 2.82. The van der Waals surface area contributed by atoms with Gasteiger partial charge in [-0.15, -0.1) is 6.42 Å². The second-order valence-corrected chi connectivity index (χ2v) is 7.60. The van der Waals surface area contributed by atoms with Crippen LogP contribution in [0, 0.1) is 18.2 Å². The predicted molar refractivity (Wildman–Crippen MR) is 111 cm³/mol. The number of nitrogens with two attached hydrogens (primary N) is 1. The van der Waals surface area contributed by atoms with Crippen molar-refractivity contribution in [1.29, 1.82) is 0 Å². The van der Waals surface area contributed by atoms with Crippen LogP contribution in [0.5, 0.6) is 5.88 Å². The standard InChI is InChI=1S/C20H18FN5O2S/c1-4-7-28-17-11-23-16(10-24-17)18(27)25-13-5-6-15(21)14(8-13)20(3)9-12(2)29-19(22)26-20/h1,5-6,8-11H,7H2,2-3H3,(H2,22,26)(H,25,27)/t20-/m0/s1. The van der Waals surface area contributed by atoms with Gasteiger partial charge >= 0.3 is 0 Å². The van der Waals surface area contributed by atoms with E-state index in [1.807, 2.05) is 13.0 Å². The van der Waals surface area contributed by atoms with Crippen molar-refractivity contribution in [3.63, 3.8) is 0 Å². The Morgan fingerprint density at radius 2 is 2.21 bits per heavy atom. The van der Waals surface area contributed by atoms with Gasteiger partial charge in [-0.25, -0.2) is 19.4 Å². The molecule has 1 aromatic carbocycles. The number of anilines is 1. The highest BCUT2D eigenvalue weighted by atomic mass is 32.2. The van der Waals surface area contributed by atoms with Gasteiger partial charge in [0.1, 0.15) is 17.1 Å². The number of carbonyl (C=O) groups is 1. The molecular formula is C20H18FN5O2S. The first-order valence-corrected chi connectivity index (χ1v) is 9.35. The molecule has 29 heavy (non-hydrogen) atoms. The maximum Gasteiger partial charge on any atom is 0.275 e. The SMILES string of the molecule is C#CCOc1cnc(C(=O)Nc2ccc(F)c([C@]3(C)C=C(C)SC(N)=N3)c2)cn1. The number of nitrogens with one attached hydrogen (secondary N) is 1. The summed E-state index contributed by atoms with van der Waals surface area (Å²) in [6.45, 7) is 3.69. The number of rotatable bonds is 5. The number of hydrogen-bond donors (Lipinski definition) is 2. The molecule has 0 unspecified atom stereocenters. The molecule has 0 bridgehead atoms. The molecule has 2 aromatic rings. The third kappa shape index (κ3) is 4.73. The summed E-state index contributed by atoms with van der Waals surface area (Å²) < 4.78 is 19.7. The topological polar surface area (TPSA) is 102 Å². The Labute approximate surface area is 171 Å². The van der Waals surface area contributed by atoms with Crippen LogP contribution in [-0.4, -0.2) is 27.6 Å². The molecule has 1 aliphatic heterocycles. The molecule has 1 aromatic heterocycles. The van der Waals surface area contributed by atoms with Gasteiger partial charge < -0.3 is 15.8 Å². The molecule has 2 heterocycles. The van der Waals surface area contributed by atoms with E-state index in [2.05, 4.69) is 26.2 Å². The van der Waals surface area contributed by atoms with E-state index in [0.29, 0.717) is 16.4 Å². The third-order valence-corrected chi connectivity index (χ3v) is 4.77. The van der Waals surface area contributed by atoms with Crippen LogP contribution in [0.15, 0.2) is 46.6 Å². The van der Waals surface area contributed by atoms with E-state index >= 15 is 0 Å².